The lowest BCUT2D eigenvalue weighted by molar-refractivity contribution is -0.141. The summed E-state index contributed by atoms with van der Waals surface area (Å²) in [6, 6.07) is 0. The lowest BCUT2D eigenvalue weighted by Gasteiger charge is -2.20. The molecule has 1 heterocycles. The summed E-state index contributed by atoms with van der Waals surface area (Å²) in [5, 5.41) is 0. The average molecular weight is 242 g/mol. The van der Waals surface area contributed by atoms with Gasteiger partial charge in [-0.1, -0.05) is 13.8 Å². The smallest absolute Gasteiger partial charge is 0.235 e. The van der Waals surface area contributed by atoms with Gasteiger partial charge in [-0.05, 0) is 13.3 Å². The molecular weight excluding hydrogens is 220 g/mol. The van der Waals surface area contributed by atoms with Crippen LogP contribution in [0.3, 0.4) is 0 Å². The van der Waals surface area contributed by atoms with Crippen molar-refractivity contribution in [2.24, 2.45) is 11.1 Å². The minimum Gasteiger partial charge on any atom is -0.377 e. The molecule has 5 heteroatoms. The number of hydrogen-bond acceptors (Lipinski definition) is 4. The van der Waals surface area contributed by atoms with E-state index in [2.05, 4.69) is 0 Å². The van der Waals surface area contributed by atoms with Crippen LogP contribution in [0, 0.1) is 5.41 Å². The van der Waals surface area contributed by atoms with Crippen LogP contribution in [-0.2, 0) is 14.3 Å². The summed E-state index contributed by atoms with van der Waals surface area (Å²) in [6.45, 7) is 6.91. The molecule has 0 aliphatic carbocycles. The van der Waals surface area contributed by atoms with Crippen LogP contribution in [0.1, 0.15) is 33.6 Å². The maximum atomic E-state index is 11.9. The second-order valence-electron chi connectivity index (χ2n) is 5.01. The van der Waals surface area contributed by atoms with Crippen LogP contribution in [0.25, 0.3) is 0 Å². The maximum Gasteiger partial charge on any atom is 0.235 e. The zero-order valence-corrected chi connectivity index (χ0v) is 10.9. The van der Waals surface area contributed by atoms with E-state index >= 15 is 0 Å². The molecule has 1 aliphatic rings. The van der Waals surface area contributed by atoms with Gasteiger partial charge in [0.1, 0.15) is 0 Å². The predicted octanol–water partition coefficient (Wildman–Crippen LogP) is 0.525. The quantitative estimate of drug-likeness (QED) is 0.689. The molecule has 1 unspecified atom stereocenters. The summed E-state index contributed by atoms with van der Waals surface area (Å²) in [5.74, 6) is -0.179. The van der Waals surface area contributed by atoms with Gasteiger partial charge in [0, 0.05) is 26.1 Å². The number of ether oxygens (including phenoxy) is 1. The molecule has 2 N–H and O–H groups in total. The highest BCUT2D eigenvalue weighted by molar-refractivity contribution is 6.05. The first kappa shape index (κ1) is 14.1. The minimum absolute atomic E-state index is 0.0793. The van der Waals surface area contributed by atoms with Crippen molar-refractivity contribution in [3.8, 4) is 0 Å². The maximum absolute atomic E-state index is 11.9. The highest BCUT2D eigenvalue weighted by Crippen LogP contribution is 2.31. The van der Waals surface area contributed by atoms with Crippen molar-refractivity contribution >= 4 is 11.8 Å². The van der Waals surface area contributed by atoms with Gasteiger partial charge < -0.3 is 10.5 Å². The molecule has 1 fully saturated rings. The molecule has 1 aliphatic heterocycles. The lowest BCUT2D eigenvalue weighted by atomic mass is 9.92. The van der Waals surface area contributed by atoms with E-state index in [4.69, 9.17) is 10.5 Å². The number of amides is 2. The van der Waals surface area contributed by atoms with Crippen molar-refractivity contribution in [1.29, 1.82) is 0 Å². The van der Waals surface area contributed by atoms with Crippen molar-refractivity contribution in [2.75, 3.05) is 19.7 Å². The molecule has 1 rings (SSSR count). The van der Waals surface area contributed by atoms with Crippen LogP contribution in [0.2, 0.25) is 0 Å². The molecule has 1 saturated heterocycles. The van der Waals surface area contributed by atoms with E-state index in [-0.39, 0.29) is 17.9 Å². The molecule has 0 aromatic carbocycles. The van der Waals surface area contributed by atoms with E-state index in [9.17, 15) is 9.59 Å². The first-order valence-electron chi connectivity index (χ1n) is 6.09. The van der Waals surface area contributed by atoms with Crippen LogP contribution in [0.15, 0.2) is 0 Å². The third-order valence-electron chi connectivity index (χ3n) is 3.06. The summed E-state index contributed by atoms with van der Waals surface area (Å²) >= 11 is 0. The molecule has 5 nitrogen and oxygen atoms in total. The fourth-order valence-electron chi connectivity index (χ4n) is 2.03. The Balaban J connectivity index is 2.52. The van der Waals surface area contributed by atoms with Crippen molar-refractivity contribution in [3.05, 3.63) is 0 Å². The van der Waals surface area contributed by atoms with Gasteiger partial charge in [0.2, 0.25) is 11.8 Å². The number of hydrogen-bond donors (Lipinski definition) is 1. The van der Waals surface area contributed by atoms with Gasteiger partial charge in [0.05, 0.1) is 11.5 Å². The van der Waals surface area contributed by atoms with E-state index in [0.29, 0.717) is 32.5 Å². The molecule has 0 aromatic heterocycles. The van der Waals surface area contributed by atoms with Gasteiger partial charge in [-0.2, -0.15) is 0 Å². The molecular formula is C12H22N2O3. The zero-order chi connectivity index (χ0) is 13.1. The summed E-state index contributed by atoms with van der Waals surface area (Å²) < 4.78 is 5.40. The highest BCUT2D eigenvalue weighted by atomic mass is 16.5. The Bertz CT molecular complexity index is 302. The number of rotatable bonds is 6. The van der Waals surface area contributed by atoms with Gasteiger partial charge in [-0.15, -0.1) is 0 Å². The van der Waals surface area contributed by atoms with E-state index in [0.717, 1.165) is 0 Å². The summed E-state index contributed by atoms with van der Waals surface area (Å²) in [6.07, 6.45) is 0.829. The third kappa shape index (κ3) is 3.26. The summed E-state index contributed by atoms with van der Waals surface area (Å²) in [5.41, 5.74) is 5.00. The number of carbonyl (C=O) groups is 2. The molecule has 0 spiro atoms. The van der Waals surface area contributed by atoms with Crippen molar-refractivity contribution in [1.82, 2.24) is 4.90 Å². The Kier molecular flexibility index (Phi) is 4.65. The topological polar surface area (TPSA) is 72.6 Å². The van der Waals surface area contributed by atoms with Gasteiger partial charge in [0.15, 0.2) is 0 Å². The molecule has 17 heavy (non-hydrogen) atoms. The SMILES string of the molecule is CCOC(CN)CCN1C(=O)CC(C)(C)C1=O. The Morgan fingerprint density at radius 2 is 2.12 bits per heavy atom. The van der Waals surface area contributed by atoms with Crippen LogP contribution in [0.4, 0.5) is 0 Å². The minimum atomic E-state index is -0.555. The molecule has 0 bridgehead atoms. The average Bonchev–Trinajstić information content (AvgIpc) is 2.45. The summed E-state index contributed by atoms with van der Waals surface area (Å²) in [4.78, 5) is 25.0. The van der Waals surface area contributed by atoms with Crippen LogP contribution >= 0.6 is 0 Å². The van der Waals surface area contributed by atoms with Crippen molar-refractivity contribution < 1.29 is 14.3 Å². The standard InChI is InChI=1S/C12H22N2O3/c1-4-17-9(8-13)5-6-14-10(15)7-12(2,3)11(14)16/h9H,4-8,13H2,1-3H3. The number of carbonyl (C=O) groups excluding carboxylic acids is 2. The monoisotopic (exact) mass is 242 g/mol. The summed E-state index contributed by atoms with van der Waals surface area (Å²) in [7, 11) is 0. The molecule has 98 valence electrons. The van der Waals surface area contributed by atoms with Crippen LogP contribution in [-0.4, -0.2) is 42.5 Å². The highest BCUT2D eigenvalue weighted by Gasteiger charge is 2.44. The number of nitrogens with zero attached hydrogens (tertiary/aromatic N) is 1. The Morgan fingerprint density at radius 1 is 1.47 bits per heavy atom. The van der Waals surface area contributed by atoms with Gasteiger partial charge in [-0.25, -0.2) is 0 Å². The molecule has 0 radical (unpaired) electrons. The van der Waals surface area contributed by atoms with Crippen LogP contribution < -0.4 is 5.73 Å². The Morgan fingerprint density at radius 3 is 2.53 bits per heavy atom. The third-order valence-corrected chi connectivity index (χ3v) is 3.06. The van der Waals surface area contributed by atoms with E-state index in [1.54, 1.807) is 13.8 Å². The molecule has 0 aromatic rings. The van der Waals surface area contributed by atoms with E-state index in [1.807, 2.05) is 6.92 Å². The fraction of sp³-hybridized carbons (Fsp3) is 0.833. The van der Waals surface area contributed by atoms with Crippen molar-refractivity contribution in [3.63, 3.8) is 0 Å². The van der Waals surface area contributed by atoms with Crippen LogP contribution in [0.5, 0.6) is 0 Å². The molecule has 1 atom stereocenters. The normalized spacial score (nSPS) is 21.1. The van der Waals surface area contributed by atoms with E-state index < -0.39 is 5.41 Å². The van der Waals surface area contributed by atoms with Gasteiger partial charge in [0.25, 0.3) is 0 Å². The van der Waals surface area contributed by atoms with Gasteiger partial charge in [-0.3, -0.25) is 14.5 Å². The second kappa shape index (κ2) is 5.60. The Hall–Kier alpha value is -0.940. The zero-order valence-electron chi connectivity index (χ0n) is 10.9. The first-order valence-corrected chi connectivity index (χ1v) is 6.09. The molecule has 2 amide bonds. The molecule has 0 saturated carbocycles. The van der Waals surface area contributed by atoms with E-state index in [1.165, 1.54) is 4.90 Å². The lowest BCUT2D eigenvalue weighted by Crippen LogP contribution is -2.37. The number of nitrogens with two attached hydrogens (primary N) is 1. The number of imide groups is 1. The van der Waals surface area contributed by atoms with Crippen molar-refractivity contribution in [2.45, 2.75) is 39.7 Å². The predicted molar refractivity (Wildman–Crippen MR) is 64.2 cm³/mol. The fourth-order valence-corrected chi connectivity index (χ4v) is 2.03. The second-order valence-corrected chi connectivity index (χ2v) is 5.01. The largest absolute Gasteiger partial charge is 0.377 e. The Labute approximate surface area is 102 Å². The first-order chi connectivity index (χ1) is 7.92. The number of likely N-dealkylation sites (tertiary alicyclic amines) is 1. The van der Waals surface area contributed by atoms with Gasteiger partial charge >= 0.3 is 0 Å².